The van der Waals surface area contributed by atoms with Gasteiger partial charge in [0.25, 0.3) is 0 Å². The van der Waals surface area contributed by atoms with E-state index < -0.39 is 0 Å². The van der Waals surface area contributed by atoms with E-state index in [0.29, 0.717) is 5.92 Å². The van der Waals surface area contributed by atoms with Gasteiger partial charge in [-0.25, -0.2) is 15.4 Å². The Morgan fingerprint density at radius 1 is 1.27 bits per heavy atom. The van der Waals surface area contributed by atoms with Crippen LogP contribution >= 0.6 is 0 Å². The van der Waals surface area contributed by atoms with Gasteiger partial charge in [-0.15, -0.1) is 0 Å². The Balaban J connectivity index is 2.64. The molecule has 1 atom stereocenters. The highest BCUT2D eigenvalue weighted by Crippen LogP contribution is 2.21. The molecule has 4 heteroatoms. The Morgan fingerprint density at radius 2 is 1.87 bits per heavy atom. The Kier molecular flexibility index (Phi) is 5.21. The summed E-state index contributed by atoms with van der Waals surface area (Å²) in [6, 6.07) is 1.88. The third-order valence-electron chi connectivity index (χ3n) is 2.82. The first-order chi connectivity index (χ1) is 7.31. The first kappa shape index (κ1) is 12.1. The van der Waals surface area contributed by atoms with Crippen LogP contribution in [0.15, 0.2) is 18.5 Å². The van der Waals surface area contributed by atoms with E-state index in [9.17, 15) is 0 Å². The summed E-state index contributed by atoms with van der Waals surface area (Å²) in [6.07, 6.45) is 6.83. The van der Waals surface area contributed by atoms with Crippen LogP contribution in [0.3, 0.4) is 0 Å². The number of rotatable bonds is 6. The molecule has 0 aliphatic rings. The van der Waals surface area contributed by atoms with Gasteiger partial charge in [0.1, 0.15) is 5.82 Å². The second-order valence-corrected chi connectivity index (χ2v) is 3.74. The van der Waals surface area contributed by atoms with E-state index in [1.54, 1.807) is 12.4 Å². The summed E-state index contributed by atoms with van der Waals surface area (Å²) in [6.45, 7) is 4.40. The molecular formula is C11H20N4. The zero-order valence-corrected chi connectivity index (χ0v) is 9.48. The molecule has 1 aromatic rings. The lowest BCUT2D eigenvalue weighted by molar-refractivity contribution is 0.364. The minimum atomic E-state index is 0.0658. The number of hydrazine groups is 1. The predicted molar refractivity (Wildman–Crippen MR) is 60.8 cm³/mol. The molecule has 15 heavy (non-hydrogen) atoms. The van der Waals surface area contributed by atoms with Crippen LogP contribution < -0.4 is 11.3 Å². The zero-order chi connectivity index (χ0) is 11.1. The number of nitrogens with zero attached hydrogens (tertiary/aromatic N) is 2. The van der Waals surface area contributed by atoms with Crippen LogP contribution in [0.25, 0.3) is 0 Å². The van der Waals surface area contributed by atoms with Crippen molar-refractivity contribution in [2.24, 2.45) is 11.8 Å². The van der Waals surface area contributed by atoms with Crippen LogP contribution in [0.4, 0.5) is 0 Å². The second-order valence-electron chi connectivity index (χ2n) is 3.74. The molecule has 0 saturated carbocycles. The average Bonchev–Trinajstić information content (AvgIpc) is 2.32. The van der Waals surface area contributed by atoms with Gasteiger partial charge in [0, 0.05) is 12.4 Å². The molecule has 1 unspecified atom stereocenters. The molecule has 0 saturated heterocycles. The minimum absolute atomic E-state index is 0.0658. The fraction of sp³-hybridized carbons (Fsp3) is 0.636. The van der Waals surface area contributed by atoms with Crippen LogP contribution in [0, 0.1) is 5.92 Å². The second kappa shape index (κ2) is 6.48. The van der Waals surface area contributed by atoms with Gasteiger partial charge in [0.05, 0.1) is 6.04 Å². The third-order valence-corrected chi connectivity index (χ3v) is 2.82. The standard InChI is InChI=1S/C11H20N4/c1-3-9(4-2)8-10(15-12)11-13-6-5-7-14-11/h5-7,9-10,15H,3-4,8,12H2,1-2H3. The van der Waals surface area contributed by atoms with E-state index in [4.69, 9.17) is 5.84 Å². The van der Waals surface area contributed by atoms with E-state index in [-0.39, 0.29) is 6.04 Å². The lowest BCUT2D eigenvalue weighted by atomic mass is 9.95. The first-order valence-corrected chi connectivity index (χ1v) is 5.54. The van der Waals surface area contributed by atoms with Gasteiger partial charge in [-0.2, -0.15) is 0 Å². The Hall–Kier alpha value is -1.00. The zero-order valence-electron chi connectivity index (χ0n) is 9.48. The van der Waals surface area contributed by atoms with Crippen LogP contribution in [-0.2, 0) is 0 Å². The van der Waals surface area contributed by atoms with Crippen molar-refractivity contribution in [3.63, 3.8) is 0 Å². The van der Waals surface area contributed by atoms with E-state index >= 15 is 0 Å². The van der Waals surface area contributed by atoms with E-state index in [0.717, 1.165) is 12.2 Å². The molecule has 0 aliphatic heterocycles. The molecule has 0 aliphatic carbocycles. The van der Waals surface area contributed by atoms with Crippen molar-refractivity contribution in [3.05, 3.63) is 24.3 Å². The summed E-state index contributed by atoms with van der Waals surface area (Å²) in [5.41, 5.74) is 2.79. The molecule has 0 fully saturated rings. The smallest absolute Gasteiger partial charge is 0.146 e. The van der Waals surface area contributed by atoms with Gasteiger partial charge < -0.3 is 0 Å². The lowest BCUT2D eigenvalue weighted by Gasteiger charge is -2.19. The highest BCUT2D eigenvalue weighted by molar-refractivity contribution is 4.95. The maximum atomic E-state index is 5.53. The summed E-state index contributed by atoms with van der Waals surface area (Å²) in [5.74, 6) is 6.99. The number of aromatic nitrogens is 2. The molecule has 0 aromatic carbocycles. The first-order valence-electron chi connectivity index (χ1n) is 5.54. The van der Waals surface area contributed by atoms with Crippen molar-refractivity contribution in [2.45, 2.75) is 39.2 Å². The minimum Gasteiger partial charge on any atom is -0.271 e. The fourth-order valence-electron chi connectivity index (χ4n) is 1.69. The average molecular weight is 208 g/mol. The summed E-state index contributed by atoms with van der Waals surface area (Å²) >= 11 is 0. The summed E-state index contributed by atoms with van der Waals surface area (Å²) in [5, 5.41) is 0. The lowest BCUT2D eigenvalue weighted by Crippen LogP contribution is -2.30. The summed E-state index contributed by atoms with van der Waals surface area (Å²) in [4.78, 5) is 8.44. The normalized spacial score (nSPS) is 13.1. The molecule has 84 valence electrons. The van der Waals surface area contributed by atoms with Gasteiger partial charge in [0.15, 0.2) is 0 Å². The molecule has 1 aromatic heterocycles. The van der Waals surface area contributed by atoms with Crippen molar-refractivity contribution >= 4 is 0 Å². The van der Waals surface area contributed by atoms with E-state index in [2.05, 4.69) is 29.2 Å². The summed E-state index contributed by atoms with van der Waals surface area (Å²) in [7, 11) is 0. The number of nitrogens with one attached hydrogen (secondary N) is 1. The van der Waals surface area contributed by atoms with Crippen LogP contribution in [-0.4, -0.2) is 9.97 Å². The quantitative estimate of drug-likeness (QED) is 0.553. The van der Waals surface area contributed by atoms with Crippen molar-refractivity contribution < 1.29 is 0 Å². The monoisotopic (exact) mass is 208 g/mol. The predicted octanol–water partition coefficient (Wildman–Crippen LogP) is 1.81. The van der Waals surface area contributed by atoms with Crippen LogP contribution in [0.5, 0.6) is 0 Å². The van der Waals surface area contributed by atoms with Gasteiger partial charge in [0.2, 0.25) is 0 Å². The van der Waals surface area contributed by atoms with Crippen LogP contribution in [0.1, 0.15) is 45.0 Å². The molecule has 0 amide bonds. The van der Waals surface area contributed by atoms with E-state index in [1.165, 1.54) is 12.8 Å². The van der Waals surface area contributed by atoms with Gasteiger partial charge in [-0.3, -0.25) is 5.84 Å². The fourth-order valence-corrected chi connectivity index (χ4v) is 1.69. The Morgan fingerprint density at radius 3 is 2.33 bits per heavy atom. The number of hydrogen-bond donors (Lipinski definition) is 2. The van der Waals surface area contributed by atoms with Gasteiger partial charge >= 0.3 is 0 Å². The van der Waals surface area contributed by atoms with E-state index in [1.807, 2.05) is 6.07 Å². The van der Waals surface area contributed by atoms with Gasteiger partial charge in [-0.05, 0) is 18.4 Å². The van der Waals surface area contributed by atoms with Crippen molar-refractivity contribution in [1.82, 2.24) is 15.4 Å². The topological polar surface area (TPSA) is 63.8 Å². The molecule has 0 radical (unpaired) electrons. The summed E-state index contributed by atoms with van der Waals surface area (Å²) < 4.78 is 0. The Labute approximate surface area is 91.3 Å². The number of nitrogens with two attached hydrogens (primary N) is 1. The Bertz CT molecular complexity index is 259. The highest BCUT2D eigenvalue weighted by Gasteiger charge is 2.16. The molecule has 1 rings (SSSR count). The molecular weight excluding hydrogens is 188 g/mol. The molecule has 1 heterocycles. The van der Waals surface area contributed by atoms with Crippen molar-refractivity contribution in [1.29, 1.82) is 0 Å². The number of hydrogen-bond acceptors (Lipinski definition) is 4. The third kappa shape index (κ3) is 3.57. The van der Waals surface area contributed by atoms with Crippen molar-refractivity contribution in [3.8, 4) is 0 Å². The SMILES string of the molecule is CCC(CC)CC(NN)c1ncccn1. The largest absolute Gasteiger partial charge is 0.271 e. The highest BCUT2D eigenvalue weighted by atomic mass is 15.2. The molecule has 0 spiro atoms. The molecule has 3 N–H and O–H groups in total. The van der Waals surface area contributed by atoms with Crippen molar-refractivity contribution in [2.75, 3.05) is 0 Å². The van der Waals surface area contributed by atoms with Crippen LogP contribution in [0.2, 0.25) is 0 Å². The molecule has 4 nitrogen and oxygen atoms in total. The maximum absolute atomic E-state index is 5.53. The van der Waals surface area contributed by atoms with Gasteiger partial charge in [-0.1, -0.05) is 26.7 Å². The molecule has 0 bridgehead atoms. The maximum Gasteiger partial charge on any atom is 0.146 e.